The number of fused-ring (bicyclic) bond motifs is 1. The highest BCUT2D eigenvalue weighted by atomic mass is 79.9. The third-order valence-electron chi connectivity index (χ3n) is 4.02. The summed E-state index contributed by atoms with van der Waals surface area (Å²) in [6.07, 6.45) is 1.05. The highest BCUT2D eigenvalue weighted by molar-refractivity contribution is 9.10. The molecule has 0 saturated carbocycles. The molecule has 2 unspecified atom stereocenters. The average molecular weight is 323 g/mol. The van der Waals surface area contributed by atoms with Gasteiger partial charge in [-0.3, -0.25) is 19.8 Å². The highest BCUT2D eigenvalue weighted by Gasteiger charge is 2.38. The lowest BCUT2D eigenvalue weighted by atomic mass is 10.0. The minimum Gasteiger partial charge on any atom is -0.295 e. The number of amides is 2. The molecule has 1 aromatic rings. The van der Waals surface area contributed by atoms with Crippen molar-refractivity contribution in [2.45, 2.75) is 38.4 Å². The van der Waals surface area contributed by atoms with E-state index in [1.807, 2.05) is 6.07 Å². The summed E-state index contributed by atoms with van der Waals surface area (Å²) in [4.78, 5) is 25.4. The molecule has 0 spiro atoms. The van der Waals surface area contributed by atoms with Crippen molar-refractivity contribution >= 4 is 27.7 Å². The van der Waals surface area contributed by atoms with Crippen molar-refractivity contribution in [1.29, 1.82) is 0 Å². The molecule has 0 aliphatic carbocycles. The van der Waals surface area contributed by atoms with Gasteiger partial charge in [0.25, 0.3) is 0 Å². The molecule has 2 heterocycles. The quantitative estimate of drug-likeness (QED) is 0.806. The van der Waals surface area contributed by atoms with Crippen LogP contribution >= 0.6 is 15.9 Å². The molecule has 2 atom stereocenters. The first-order valence-corrected chi connectivity index (χ1v) is 7.23. The molecule has 2 aliphatic heterocycles. The molecule has 0 radical (unpaired) electrons. The minimum atomic E-state index is -0.195. The van der Waals surface area contributed by atoms with E-state index < -0.39 is 0 Å². The van der Waals surface area contributed by atoms with E-state index in [9.17, 15) is 9.59 Å². The van der Waals surface area contributed by atoms with Crippen molar-refractivity contribution in [3.8, 4) is 0 Å². The molecule has 1 fully saturated rings. The molecule has 0 aromatic heterocycles. The fraction of sp³-hybridized carbons (Fsp3) is 0.429. The van der Waals surface area contributed by atoms with Gasteiger partial charge in [-0.1, -0.05) is 22.0 Å². The van der Waals surface area contributed by atoms with Gasteiger partial charge >= 0.3 is 0 Å². The number of carbonyl (C=O) groups excluding carboxylic acids is 2. The number of carbonyl (C=O) groups is 2. The van der Waals surface area contributed by atoms with Crippen LogP contribution in [0.3, 0.4) is 0 Å². The van der Waals surface area contributed by atoms with Crippen LogP contribution < -0.4 is 5.32 Å². The molecule has 5 heteroatoms. The molecular weight excluding hydrogens is 308 g/mol. The number of benzene rings is 1. The van der Waals surface area contributed by atoms with Crippen molar-refractivity contribution in [3.05, 3.63) is 33.8 Å². The summed E-state index contributed by atoms with van der Waals surface area (Å²) in [5.74, 6) is -0.316. The van der Waals surface area contributed by atoms with Gasteiger partial charge in [0.1, 0.15) is 0 Å². The van der Waals surface area contributed by atoms with Gasteiger partial charge < -0.3 is 0 Å². The Labute approximate surface area is 120 Å². The van der Waals surface area contributed by atoms with E-state index in [-0.39, 0.29) is 23.9 Å². The number of nitrogens with one attached hydrogen (secondary N) is 1. The molecule has 3 rings (SSSR count). The second kappa shape index (κ2) is 4.72. The number of nitrogens with zero attached hydrogens (tertiary/aromatic N) is 1. The molecule has 19 heavy (non-hydrogen) atoms. The van der Waals surface area contributed by atoms with E-state index in [4.69, 9.17) is 0 Å². The SMILES string of the molecule is CC1c2ccc(Br)cc2CN1C1CCC(=O)NC1=O. The molecule has 2 aliphatic rings. The molecule has 4 nitrogen and oxygen atoms in total. The van der Waals surface area contributed by atoms with Crippen LogP contribution in [0, 0.1) is 0 Å². The highest BCUT2D eigenvalue weighted by Crippen LogP contribution is 2.37. The molecule has 2 amide bonds. The molecule has 1 saturated heterocycles. The van der Waals surface area contributed by atoms with Crippen LogP contribution in [0.1, 0.15) is 36.9 Å². The zero-order valence-corrected chi connectivity index (χ0v) is 12.2. The van der Waals surface area contributed by atoms with Crippen LogP contribution in [0.5, 0.6) is 0 Å². The van der Waals surface area contributed by atoms with Gasteiger partial charge in [-0.25, -0.2) is 0 Å². The summed E-state index contributed by atoms with van der Waals surface area (Å²) < 4.78 is 1.06. The lowest BCUT2D eigenvalue weighted by Gasteiger charge is -2.32. The standard InChI is InChI=1S/C14H15BrN2O2/c1-8-11-3-2-10(15)6-9(11)7-17(8)12-4-5-13(18)16-14(12)19/h2-3,6,8,12H,4-5,7H2,1H3,(H,16,18,19). The molecule has 1 N–H and O–H groups in total. The first-order valence-electron chi connectivity index (χ1n) is 6.44. The van der Waals surface area contributed by atoms with Gasteiger partial charge in [-0.05, 0) is 36.6 Å². The van der Waals surface area contributed by atoms with Gasteiger partial charge in [0.2, 0.25) is 11.8 Å². The fourth-order valence-electron chi connectivity index (χ4n) is 3.01. The van der Waals surface area contributed by atoms with Gasteiger partial charge in [0, 0.05) is 23.5 Å². The van der Waals surface area contributed by atoms with Gasteiger partial charge in [-0.15, -0.1) is 0 Å². The van der Waals surface area contributed by atoms with Crippen LogP contribution in [0.4, 0.5) is 0 Å². The van der Waals surface area contributed by atoms with E-state index in [1.165, 1.54) is 11.1 Å². The van der Waals surface area contributed by atoms with Gasteiger partial charge in [-0.2, -0.15) is 0 Å². The number of hydrogen-bond acceptors (Lipinski definition) is 3. The maximum absolute atomic E-state index is 12.0. The zero-order valence-electron chi connectivity index (χ0n) is 10.6. The topological polar surface area (TPSA) is 49.4 Å². The van der Waals surface area contributed by atoms with Gasteiger partial charge in [0.05, 0.1) is 6.04 Å². The molecule has 100 valence electrons. The Balaban J connectivity index is 1.85. The Kier molecular flexibility index (Phi) is 3.19. The second-order valence-corrected chi connectivity index (χ2v) is 6.07. The second-order valence-electron chi connectivity index (χ2n) is 5.16. The van der Waals surface area contributed by atoms with Crippen LogP contribution in [-0.4, -0.2) is 22.8 Å². The van der Waals surface area contributed by atoms with Crippen LogP contribution in [0.25, 0.3) is 0 Å². The van der Waals surface area contributed by atoms with E-state index in [1.54, 1.807) is 0 Å². The summed E-state index contributed by atoms with van der Waals surface area (Å²) in [7, 11) is 0. The van der Waals surface area contributed by atoms with E-state index in [0.29, 0.717) is 12.8 Å². The Hall–Kier alpha value is -1.20. The predicted octanol–water partition coefficient (Wildman–Crippen LogP) is 2.13. The minimum absolute atomic E-state index is 0.157. The van der Waals surface area contributed by atoms with Crippen molar-refractivity contribution < 1.29 is 9.59 Å². The lowest BCUT2D eigenvalue weighted by molar-refractivity contribution is -0.138. The Morgan fingerprint density at radius 1 is 1.37 bits per heavy atom. The van der Waals surface area contributed by atoms with Crippen LogP contribution in [-0.2, 0) is 16.1 Å². The van der Waals surface area contributed by atoms with E-state index >= 15 is 0 Å². The van der Waals surface area contributed by atoms with Crippen molar-refractivity contribution in [3.63, 3.8) is 0 Å². The number of rotatable bonds is 1. The van der Waals surface area contributed by atoms with Crippen molar-refractivity contribution in [2.24, 2.45) is 0 Å². The summed E-state index contributed by atoms with van der Waals surface area (Å²) in [5, 5.41) is 2.44. The fourth-order valence-corrected chi connectivity index (χ4v) is 3.42. The first kappa shape index (κ1) is 12.8. The predicted molar refractivity (Wildman–Crippen MR) is 74.3 cm³/mol. The van der Waals surface area contributed by atoms with Gasteiger partial charge in [0.15, 0.2) is 0 Å². The van der Waals surface area contributed by atoms with E-state index in [2.05, 4.69) is 45.2 Å². The Morgan fingerprint density at radius 2 is 2.16 bits per heavy atom. The Morgan fingerprint density at radius 3 is 2.89 bits per heavy atom. The number of piperidine rings is 1. The molecular formula is C14H15BrN2O2. The van der Waals surface area contributed by atoms with E-state index in [0.717, 1.165) is 11.0 Å². The normalized spacial score (nSPS) is 27.3. The monoisotopic (exact) mass is 322 g/mol. The maximum Gasteiger partial charge on any atom is 0.243 e. The number of halogens is 1. The summed E-state index contributed by atoms with van der Waals surface area (Å²) in [6.45, 7) is 2.88. The summed E-state index contributed by atoms with van der Waals surface area (Å²) in [6, 6.07) is 6.27. The molecule has 0 bridgehead atoms. The number of imide groups is 1. The third-order valence-corrected chi connectivity index (χ3v) is 4.51. The average Bonchev–Trinajstić information content (AvgIpc) is 2.66. The van der Waals surface area contributed by atoms with Crippen molar-refractivity contribution in [2.75, 3.05) is 0 Å². The van der Waals surface area contributed by atoms with Crippen LogP contribution in [0.2, 0.25) is 0 Å². The van der Waals surface area contributed by atoms with Crippen molar-refractivity contribution in [1.82, 2.24) is 10.2 Å². The maximum atomic E-state index is 12.0. The summed E-state index contributed by atoms with van der Waals surface area (Å²) in [5.41, 5.74) is 2.53. The Bertz CT molecular complexity index is 558. The smallest absolute Gasteiger partial charge is 0.243 e. The van der Waals surface area contributed by atoms with Crippen LogP contribution in [0.15, 0.2) is 22.7 Å². The first-order chi connectivity index (χ1) is 9.06. The summed E-state index contributed by atoms with van der Waals surface area (Å²) >= 11 is 3.48. The zero-order chi connectivity index (χ0) is 13.6. The lowest BCUT2D eigenvalue weighted by Crippen LogP contribution is -2.51. The molecule has 1 aromatic carbocycles. The largest absolute Gasteiger partial charge is 0.295 e. The number of hydrogen-bond donors (Lipinski definition) is 1. The third kappa shape index (κ3) is 2.21.